The van der Waals surface area contributed by atoms with E-state index in [9.17, 15) is 9.59 Å². The van der Waals surface area contributed by atoms with E-state index in [0.717, 1.165) is 5.56 Å². The van der Waals surface area contributed by atoms with E-state index in [1.807, 2.05) is 6.07 Å². The summed E-state index contributed by atoms with van der Waals surface area (Å²) in [5, 5.41) is 3.55. The molecule has 0 fully saturated rings. The van der Waals surface area contributed by atoms with Gasteiger partial charge in [0.25, 0.3) is 5.91 Å². The van der Waals surface area contributed by atoms with Gasteiger partial charge in [0.1, 0.15) is 0 Å². The molecule has 2 aromatic carbocycles. The van der Waals surface area contributed by atoms with Gasteiger partial charge < -0.3 is 14.8 Å². The molecule has 0 atom stereocenters. The van der Waals surface area contributed by atoms with Gasteiger partial charge in [0.05, 0.1) is 22.7 Å². The zero-order chi connectivity index (χ0) is 18.4. The molecule has 5 nitrogen and oxygen atoms in total. The zero-order valence-electron chi connectivity index (χ0n) is 13.1. The van der Waals surface area contributed by atoms with Crippen molar-refractivity contribution >= 4 is 46.7 Å². The van der Waals surface area contributed by atoms with E-state index in [2.05, 4.69) is 5.32 Å². The summed E-state index contributed by atoms with van der Waals surface area (Å²) in [6.07, 6.45) is 0. The Kier molecular flexibility index (Phi) is 6.93. The Morgan fingerprint density at radius 1 is 1.08 bits per heavy atom. The maximum Gasteiger partial charge on any atom is 0.338 e. The molecule has 0 saturated heterocycles. The van der Waals surface area contributed by atoms with Crippen LogP contribution >= 0.6 is 34.8 Å². The number of rotatable bonds is 6. The summed E-state index contributed by atoms with van der Waals surface area (Å²) >= 11 is 17.8. The van der Waals surface area contributed by atoms with Crippen LogP contribution < -0.4 is 10.1 Å². The fourth-order valence-electron chi connectivity index (χ4n) is 1.99. The van der Waals surface area contributed by atoms with Crippen LogP contribution in [-0.2, 0) is 16.1 Å². The normalized spacial score (nSPS) is 10.2. The minimum absolute atomic E-state index is 0.124. The van der Waals surface area contributed by atoms with Gasteiger partial charge in [-0.1, -0.05) is 46.9 Å². The number of esters is 1. The second-order valence-electron chi connectivity index (χ2n) is 4.96. The van der Waals surface area contributed by atoms with Crippen molar-refractivity contribution in [1.29, 1.82) is 0 Å². The number of ether oxygens (including phenoxy) is 2. The van der Waals surface area contributed by atoms with E-state index in [-0.39, 0.29) is 27.9 Å². The number of hydrogen-bond acceptors (Lipinski definition) is 4. The molecule has 8 heteroatoms. The SMILES string of the molecule is COc1c(Cl)cc(C(=O)OCC(=O)NCc2cccc(Cl)c2)cc1Cl. The lowest BCUT2D eigenvalue weighted by Gasteiger charge is -2.09. The van der Waals surface area contributed by atoms with Gasteiger partial charge in [-0.2, -0.15) is 0 Å². The van der Waals surface area contributed by atoms with Gasteiger partial charge >= 0.3 is 5.97 Å². The molecule has 0 radical (unpaired) electrons. The molecule has 0 aliphatic carbocycles. The summed E-state index contributed by atoms with van der Waals surface area (Å²) in [4.78, 5) is 23.8. The molecule has 0 aromatic heterocycles. The lowest BCUT2D eigenvalue weighted by molar-refractivity contribution is -0.124. The Morgan fingerprint density at radius 2 is 1.76 bits per heavy atom. The molecular weight excluding hydrogens is 389 g/mol. The topological polar surface area (TPSA) is 64.6 Å². The molecule has 1 amide bonds. The Morgan fingerprint density at radius 3 is 2.36 bits per heavy atom. The number of carbonyl (C=O) groups excluding carboxylic acids is 2. The third kappa shape index (κ3) is 5.53. The van der Waals surface area contributed by atoms with Crippen LogP contribution in [0.2, 0.25) is 15.1 Å². The highest BCUT2D eigenvalue weighted by atomic mass is 35.5. The molecule has 0 aliphatic rings. The van der Waals surface area contributed by atoms with Crippen LogP contribution in [0.1, 0.15) is 15.9 Å². The van der Waals surface area contributed by atoms with Crippen molar-refractivity contribution in [2.45, 2.75) is 6.54 Å². The van der Waals surface area contributed by atoms with Crippen LogP contribution in [0.25, 0.3) is 0 Å². The smallest absolute Gasteiger partial charge is 0.338 e. The number of hydrogen-bond donors (Lipinski definition) is 1. The molecule has 1 N–H and O–H groups in total. The van der Waals surface area contributed by atoms with Crippen molar-refractivity contribution in [3.63, 3.8) is 0 Å². The average molecular weight is 403 g/mol. The molecule has 0 bridgehead atoms. The molecule has 2 rings (SSSR count). The molecule has 0 unspecified atom stereocenters. The van der Waals surface area contributed by atoms with Crippen LogP contribution in [0.5, 0.6) is 5.75 Å². The molecule has 132 valence electrons. The second-order valence-corrected chi connectivity index (χ2v) is 6.21. The molecule has 25 heavy (non-hydrogen) atoms. The monoisotopic (exact) mass is 401 g/mol. The molecule has 0 spiro atoms. The standard InChI is InChI=1S/C17H14Cl3NO4/c1-24-16-13(19)6-11(7-14(16)20)17(23)25-9-15(22)21-8-10-3-2-4-12(18)5-10/h2-7H,8-9H2,1H3,(H,21,22). The predicted octanol–water partition coefficient (Wildman–Crippen LogP) is 4.13. The summed E-state index contributed by atoms with van der Waals surface area (Å²) in [7, 11) is 1.41. The summed E-state index contributed by atoms with van der Waals surface area (Å²) in [5.74, 6) is -0.900. The highest BCUT2D eigenvalue weighted by molar-refractivity contribution is 6.37. The lowest BCUT2D eigenvalue weighted by atomic mass is 10.2. The van der Waals surface area contributed by atoms with Crippen LogP contribution in [0.15, 0.2) is 36.4 Å². The van der Waals surface area contributed by atoms with E-state index in [1.54, 1.807) is 18.2 Å². The number of nitrogens with one attached hydrogen (secondary N) is 1. The van der Waals surface area contributed by atoms with Crippen molar-refractivity contribution in [3.8, 4) is 5.75 Å². The third-order valence-corrected chi connectivity index (χ3v) is 3.95. The third-order valence-electron chi connectivity index (χ3n) is 3.15. The number of amides is 1. The van der Waals surface area contributed by atoms with Crippen molar-refractivity contribution < 1.29 is 19.1 Å². The van der Waals surface area contributed by atoms with Crippen LogP contribution in [0.4, 0.5) is 0 Å². The summed E-state index contributed by atoms with van der Waals surface area (Å²) in [6, 6.07) is 9.78. The Labute approximate surface area is 159 Å². The number of benzene rings is 2. The summed E-state index contributed by atoms with van der Waals surface area (Å²) < 4.78 is 9.95. The minimum atomic E-state index is -0.718. The molecular formula is C17H14Cl3NO4. The Hall–Kier alpha value is -1.95. The van der Waals surface area contributed by atoms with E-state index in [1.165, 1.54) is 19.2 Å². The maximum atomic E-state index is 12.0. The fourth-order valence-corrected chi connectivity index (χ4v) is 2.84. The van der Waals surface area contributed by atoms with E-state index in [0.29, 0.717) is 5.02 Å². The van der Waals surface area contributed by atoms with Crippen LogP contribution in [0.3, 0.4) is 0 Å². The van der Waals surface area contributed by atoms with Gasteiger partial charge in [-0.25, -0.2) is 4.79 Å². The van der Waals surface area contributed by atoms with Crippen LogP contribution in [-0.4, -0.2) is 25.6 Å². The number of carbonyl (C=O) groups is 2. The van der Waals surface area contributed by atoms with E-state index < -0.39 is 18.5 Å². The van der Waals surface area contributed by atoms with Crippen molar-refractivity contribution in [3.05, 3.63) is 62.6 Å². The summed E-state index contributed by atoms with van der Waals surface area (Å²) in [6.45, 7) is -0.155. The van der Waals surface area contributed by atoms with Gasteiger partial charge in [0.2, 0.25) is 0 Å². The summed E-state index contributed by atoms with van der Waals surface area (Å²) in [5.41, 5.74) is 0.958. The van der Waals surface area contributed by atoms with Gasteiger partial charge in [-0.05, 0) is 29.8 Å². The van der Waals surface area contributed by atoms with Crippen molar-refractivity contribution in [2.75, 3.05) is 13.7 Å². The van der Waals surface area contributed by atoms with Gasteiger partial charge in [0.15, 0.2) is 12.4 Å². The first-order valence-corrected chi connectivity index (χ1v) is 8.25. The quantitative estimate of drug-likeness (QED) is 0.738. The molecule has 0 aliphatic heterocycles. The molecule has 0 saturated carbocycles. The maximum absolute atomic E-state index is 12.0. The fraction of sp³-hybridized carbons (Fsp3) is 0.176. The van der Waals surface area contributed by atoms with E-state index in [4.69, 9.17) is 44.3 Å². The lowest BCUT2D eigenvalue weighted by Crippen LogP contribution is -2.28. The highest BCUT2D eigenvalue weighted by Crippen LogP contribution is 2.33. The average Bonchev–Trinajstić information content (AvgIpc) is 2.57. The molecule has 0 heterocycles. The van der Waals surface area contributed by atoms with Gasteiger partial charge in [0, 0.05) is 11.6 Å². The van der Waals surface area contributed by atoms with Crippen LogP contribution in [0, 0.1) is 0 Å². The zero-order valence-corrected chi connectivity index (χ0v) is 15.4. The van der Waals surface area contributed by atoms with Gasteiger partial charge in [-0.3, -0.25) is 4.79 Å². The largest absolute Gasteiger partial charge is 0.494 e. The Balaban J connectivity index is 1.88. The van der Waals surface area contributed by atoms with Crippen molar-refractivity contribution in [1.82, 2.24) is 5.32 Å². The first-order valence-electron chi connectivity index (χ1n) is 7.12. The van der Waals surface area contributed by atoms with Gasteiger partial charge in [-0.15, -0.1) is 0 Å². The minimum Gasteiger partial charge on any atom is -0.494 e. The Bertz CT molecular complexity index is 772. The highest BCUT2D eigenvalue weighted by Gasteiger charge is 2.15. The first kappa shape index (κ1) is 19.4. The first-order chi connectivity index (χ1) is 11.9. The van der Waals surface area contributed by atoms with Crippen molar-refractivity contribution in [2.24, 2.45) is 0 Å². The number of methoxy groups -OCH3 is 1. The molecule has 2 aromatic rings. The number of halogens is 3. The second kappa shape index (κ2) is 8.94. The predicted molar refractivity (Wildman–Crippen MR) is 96.6 cm³/mol. The van der Waals surface area contributed by atoms with E-state index >= 15 is 0 Å².